The molecule has 4 rings (SSSR count). The predicted molar refractivity (Wildman–Crippen MR) is 101 cm³/mol. The Morgan fingerprint density at radius 1 is 1.35 bits per heavy atom. The zero-order valence-electron chi connectivity index (χ0n) is 14.9. The van der Waals surface area contributed by atoms with Crippen LogP contribution < -0.4 is 0 Å². The molecule has 0 spiro atoms. The minimum atomic E-state index is -0.413. The highest BCUT2D eigenvalue weighted by Gasteiger charge is 2.53. The largest absolute Gasteiger partial charge is 0.318 e. The van der Waals surface area contributed by atoms with E-state index in [9.17, 15) is 4.79 Å². The third-order valence-corrected chi connectivity index (χ3v) is 6.37. The number of allylic oxidation sites excluding steroid dienone is 4. The highest BCUT2D eigenvalue weighted by Crippen LogP contribution is 2.53. The fourth-order valence-electron chi connectivity index (χ4n) is 3.10. The summed E-state index contributed by atoms with van der Waals surface area (Å²) < 4.78 is 1.53. The van der Waals surface area contributed by atoms with Gasteiger partial charge in [-0.2, -0.15) is 0 Å². The van der Waals surface area contributed by atoms with Gasteiger partial charge in [0.05, 0.1) is 0 Å². The van der Waals surface area contributed by atoms with Gasteiger partial charge in [-0.3, -0.25) is 9.78 Å². The Morgan fingerprint density at radius 2 is 2.19 bits per heavy atom. The minimum absolute atomic E-state index is 0.162. The van der Waals surface area contributed by atoms with E-state index in [0.717, 1.165) is 47.9 Å². The van der Waals surface area contributed by atoms with Gasteiger partial charge in [0.25, 0.3) is 0 Å². The van der Waals surface area contributed by atoms with Crippen LogP contribution in [0.5, 0.6) is 0 Å². The summed E-state index contributed by atoms with van der Waals surface area (Å²) in [5.74, 6) is 0.923. The van der Waals surface area contributed by atoms with Gasteiger partial charge in [-0.15, -0.1) is 10.2 Å². The second-order valence-corrected chi connectivity index (χ2v) is 8.04. The maximum atomic E-state index is 13.1. The summed E-state index contributed by atoms with van der Waals surface area (Å²) in [6, 6.07) is 3.84. The Balaban J connectivity index is 1.54. The Labute approximate surface area is 157 Å². The first-order chi connectivity index (χ1) is 12.6. The van der Waals surface area contributed by atoms with Crippen molar-refractivity contribution in [2.24, 2.45) is 7.05 Å². The van der Waals surface area contributed by atoms with E-state index in [-0.39, 0.29) is 5.91 Å². The van der Waals surface area contributed by atoms with Gasteiger partial charge in [0.2, 0.25) is 5.91 Å². The Morgan fingerprint density at radius 3 is 2.85 bits per heavy atom. The second kappa shape index (κ2) is 6.72. The van der Waals surface area contributed by atoms with Gasteiger partial charge in [0, 0.05) is 37.7 Å². The van der Waals surface area contributed by atoms with Crippen molar-refractivity contribution in [2.45, 2.75) is 35.6 Å². The van der Waals surface area contributed by atoms with Gasteiger partial charge >= 0.3 is 0 Å². The number of rotatable bonds is 5. The van der Waals surface area contributed by atoms with Crippen LogP contribution in [0.25, 0.3) is 11.4 Å². The number of hydrogen-bond acceptors (Lipinski definition) is 5. The van der Waals surface area contributed by atoms with Crippen molar-refractivity contribution >= 4 is 17.7 Å². The van der Waals surface area contributed by atoms with Gasteiger partial charge < -0.3 is 9.47 Å². The van der Waals surface area contributed by atoms with Crippen LogP contribution in [0.1, 0.15) is 25.7 Å². The first kappa shape index (κ1) is 17.0. The highest BCUT2D eigenvalue weighted by atomic mass is 32.2. The molecule has 0 N–H and O–H groups in total. The Bertz CT molecular complexity index is 883. The van der Waals surface area contributed by atoms with Crippen LogP contribution in [-0.2, 0) is 11.8 Å². The molecule has 2 aromatic rings. The molecule has 1 saturated carbocycles. The predicted octanol–water partition coefficient (Wildman–Crippen LogP) is 3.19. The van der Waals surface area contributed by atoms with E-state index in [1.807, 2.05) is 47.8 Å². The third-order valence-electron chi connectivity index (χ3n) is 4.86. The van der Waals surface area contributed by atoms with Gasteiger partial charge in [-0.1, -0.05) is 23.9 Å². The molecule has 2 aliphatic carbocycles. The van der Waals surface area contributed by atoms with Gasteiger partial charge in [0.1, 0.15) is 4.75 Å². The third kappa shape index (κ3) is 3.07. The van der Waals surface area contributed by atoms with E-state index in [0.29, 0.717) is 0 Å². The molecule has 26 heavy (non-hydrogen) atoms. The fraction of sp³-hybridized carbons (Fsp3) is 0.368. The molecule has 2 aliphatic rings. The first-order valence-electron chi connectivity index (χ1n) is 8.73. The molecule has 2 aromatic heterocycles. The molecular weight excluding hydrogens is 346 g/mol. The zero-order valence-corrected chi connectivity index (χ0v) is 15.7. The minimum Gasteiger partial charge on any atom is -0.318 e. The number of amides is 1. The normalized spacial score (nSPS) is 17.7. The van der Waals surface area contributed by atoms with Crippen LogP contribution in [0, 0.1) is 0 Å². The van der Waals surface area contributed by atoms with E-state index in [2.05, 4.69) is 21.3 Å². The molecule has 0 unspecified atom stereocenters. The Kier molecular flexibility index (Phi) is 4.40. The molecule has 0 aromatic carbocycles. The lowest BCUT2D eigenvalue weighted by molar-refractivity contribution is -0.128. The van der Waals surface area contributed by atoms with Gasteiger partial charge in [-0.25, -0.2) is 0 Å². The molecule has 0 radical (unpaired) electrons. The van der Waals surface area contributed by atoms with Crippen LogP contribution in [0.4, 0.5) is 0 Å². The van der Waals surface area contributed by atoms with Crippen LogP contribution in [-0.4, -0.2) is 42.4 Å². The summed E-state index contributed by atoms with van der Waals surface area (Å²) in [5, 5.41) is 9.39. The van der Waals surface area contributed by atoms with Crippen molar-refractivity contribution in [3.8, 4) is 11.4 Å². The lowest BCUT2D eigenvalue weighted by Crippen LogP contribution is -2.36. The van der Waals surface area contributed by atoms with Crippen molar-refractivity contribution in [2.75, 3.05) is 7.05 Å². The molecule has 0 aliphatic heterocycles. The Hall–Kier alpha value is -2.41. The molecule has 1 amide bonds. The zero-order chi connectivity index (χ0) is 18.1. The smallest absolute Gasteiger partial charge is 0.243 e. The molecule has 6 nitrogen and oxygen atoms in total. The van der Waals surface area contributed by atoms with Gasteiger partial charge in [-0.05, 0) is 43.9 Å². The lowest BCUT2D eigenvalue weighted by atomic mass is 10.1. The topological polar surface area (TPSA) is 63.9 Å². The quantitative estimate of drug-likeness (QED) is 0.812. The molecule has 134 valence electrons. The molecular formula is C19H21N5OS. The molecule has 1 fully saturated rings. The van der Waals surface area contributed by atoms with Crippen molar-refractivity contribution in [3.63, 3.8) is 0 Å². The molecule has 2 heterocycles. The standard InChI is InChI=1S/C19H21N5OS/c1-23(15-8-4-3-5-9-15)17(25)19(10-11-19)26-18-22-21-16(24(18)2)14-7-6-12-20-13-14/h3-4,6-8,12-13H,5,9-11H2,1-2H3. The molecule has 0 saturated heterocycles. The number of carbonyl (C=O) groups is 1. The lowest BCUT2D eigenvalue weighted by Gasteiger charge is -2.26. The van der Waals surface area contributed by atoms with Crippen LogP contribution in [0.2, 0.25) is 0 Å². The molecule has 0 atom stereocenters. The van der Waals surface area contributed by atoms with E-state index < -0.39 is 4.75 Å². The summed E-state index contributed by atoms with van der Waals surface area (Å²) in [6.45, 7) is 0. The van der Waals surface area contributed by atoms with Crippen LogP contribution in [0.3, 0.4) is 0 Å². The van der Waals surface area contributed by atoms with Crippen LogP contribution >= 0.6 is 11.8 Å². The first-order valence-corrected chi connectivity index (χ1v) is 9.55. The summed E-state index contributed by atoms with van der Waals surface area (Å²) >= 11 is 1.53. The van der Waals surface area contributed by atoms with E-state index in [4.69, 9.17) is 0 Å². The maximum absolute atomic E-state index is 13.1. The van der Waals surface area contributed by atoms with E-state index in [1.165, 1.54) is 11.8 Å². The van der Waals surface area contributed by atoms with Crippen molar-refractivity contribution in [1.29, 1.82) is 0 Å². The van der Waals surface area contributed by atoms with Crippen molar-refractivity contribution in [1.82, 2.24) is 24.6 Å². The van der Waals surface area contributed by atoms with Crippen molar-refractivity contribution < 1.29 is 4.79 Å². The average Bonchev–Trinajstić information content (AvgIpc) is 3.39. The number of aromatic nitrogens is 4. The fourth-order valence-corrected chi connectivity index (χ4v) is 4.29. The number of nitrogens with zero attached hydrogens (tertiary/aromatic N) is 5. The summed E-state index contributed by atoms with van der Waals surface area (Å²) in [6.07, 6.45) is 13.3. The number of hydrogen-bond donors (Lipinski definition) is 0. The monoisotopic (exact) mass is 367 g/mol. The number of carbonyl (C=O) groups excluding carboxylic acids is 1. The van der Waals surface area contributed by atoms with Crippen LogP contribution in [0.15, 0.2) is 53.6 Å². The second-order valence-electron chi connectivity index (χ2n) is 6.69. The highest BCUT2D eigenvalue weighted by molar-refractivity contribution is 8.01. The summed E-state index contributed by atoms with van der Waals surface area (Å²) in [7, 11) is 3.81. The molecule has 0 bridgehead atoms. The van der Waals surface area contributed by atoms with E-state index >= 15 is 0 Å². The number of pyridine rings is 1. The van der Waals surface area contributed by atoms with Crippen molar-refractivity contribution in [3.05, 3.63) is 48.5 Å². The average molecular weight is 367 g/mol. The molecule has 7 heteroatoms. The SMILES string of the molecule is CN(C(=O)C1(Sc2nnc(-c3cccnc3)n2C)CC1)C1=CC=CCC1. The number of thioether (sulfide) groups is 1. The van der Waals surface area contributed by atoms with E-state index in [1.54, 1.807) is 12.4 Å². The van der Waals surface area contributed by atoms with Gasteiger partial charge in [0.15, 0.2) is 11.0 Å². The maximum Gasteiger partial charge on any atom is 0.243 e. The summed E-state index contributed by atoms with van der Waals surface area (Å²) in [4.78, 5) is 19.1. The summed E-state index contributed by atoms with van der Waals surface area (Å²) in [5.41, 5.74) is 2.00.